The third-order valence-electron chi connectivity index (χ3n) is 2.27. The van der Waals surface area contributed by atoms with Crippen molar-refractivity contribution in [2.75, 3.05) is 0 Å². The first kappa shape index (κ1) is 14.2. The fourth-order valence-corrected chi connectivity index (χ4v) is 1.49. The number of aromatic nitrogens is 1. The first-order valence-electron chi connectivity index (χ1n) is 5.90. The van der Waals surface area contributed by atoms with E-state index in [2.05, 4.69) is 11.1 Å². The third kappa shape index (κ3) is 4.54. The summed E-state index contributed by atoms with van der Waals surface area (Å²) in [7, 11) is 0. The zero-order chi connectivity index (χ0) is 13.8. The van der Waals surface area contributed by atoms with E-state index in [0.717, 1.165) is 5.69 Å². The van der Waals surface area contributed by atoms with E-state index >= 15 is 0 Å². The largest absolute Gasteiger partial charge is 0.460 e. The van der Waals surface area contributed by atoms with E-state index in [4.69, 9.17) is 10.00 Å². The summed E-state index contributed by atoms with van der Waals surface area (Å²) in [6.07, 6.45) is 0.830. The maximum atomic E-state index is 11.5. The van der Waals surface area contributed by atoms with E-state index < -0.39 is 5.60 Å². The van der Waals surface area contributed by atoms with Crippen molar-refractivity contribution in [3.05, 3.63) is 29.1 Å². The van der Waals surface area contributed by atoms with E-state index in [1.165, 1.54) is 0 Å². The second-order valence-electron chi connectivity index (χ2n) is 5.13. The second-order valence-corrected chi connectivity index (χ2v) is 5.13. The van der Waals surface area contributed by atoms with E-state index in [0.29, 0.717) is 24.1 Å². The van der Waals surface area contributed by atoms with Crippen LogP contribution in [0.2, 0.25) is 0 Å². The van der Waals surface area contributed by atoms with Crippen LogP contribution in [0.1, 0.15) is 44.1 Å². The second kappa shape index (κ2) is 5.63. The summed E-state index contributed by atoms with van der Waals surface area (Å²) in [5.74, 6) is -0.230. The lowest BCUT2D eigenvalue weighted by Gasteiger charge is -2.19. The number of rotatable bonds is 3. The van der Waals surface area contributed by atoms with Crippen LogP contribution in [-0.4, -0.2) is 16.6 Å². The Labute approximate surface area is 108 Å². The molecule has 0 aliphatic heterocycles. The van der Waals surface area contributed by atoms with Crippen LogP contribution in [0.5, 0.6) is 0 Å². The molecule has 0 aliphatic rings. The van der Waals surface area contributed by atoms with Gasteiger partial charge in [-0.15, -0.1) is 0 Å². The van der Waals surface area contributed by atoms with Gasteiger partial charge in [0.05, 0.1) is 17.7 Å². The van der Waals surface area contributed by atoms with Crippen molar-refractivity contribution in [3.63, 3.8) is 0 Å². The topological polar surface area (TPSA) is 63.0 Å². The molecule has 0 N–H and O–H groups in total. The molecule has 0 amide bonds. The predicted octanol–water partition coefficient (Wildman–Crippen LogP) is 2.54. The number of ether oxygens (including phenoxy) is 1. The lowest BCUT2D eigenvalue weighted by Crippen LogP contribution is -2.24. The molecule has 0 spiro atoms. The molecule has 0 atom stereocenters. The van der Waals surface area contributed by atoms with Gasteiger partial charge in [0.1, 0.15) is 11.7 Å². The summed E-state index contributed by atoms with van der Waals surface area (Å²) in [5, 5.41) is 8.79. The molecular weight excluding hydrogens is 228 g/mol. The SMILES string of the molecule is Cc1nc(CCC(=O)OC(C)(C)C)ccc1C#N. The molecule has 1 aromatic heterocycles. The predicted molar refractivity (Wildman–Crippen MR) is 67.9 cm³/mol. The number of nitriles is 1. The Kier molecular flexibility index (Phi) is 4.43. The molecule has 4 heteroatoms. The summed E-state index contributed by atoms with van der Waals surface area (Å²) in [6.45, 7) is 7.31. The first-order chi connectivity index (χ1) is 8.31. The van der Waals surface area contributed by atoms with Crippen molar-refractivity contribution in [3.8, 4) is 6.07 Å². The fourth-order valence-electron chi connectivity index (χ4n) is 1.49. The van der Waals surface area contributed by atoms with Gasteiger partial charge in [-0.05, 0) is 39.8 Å². The highest BCUT2D eigenvalue weighted by molar-refractivity contribution is 5.70. The molecule has 1 heterocycles. The monoisotopic (exact) mass is 246 g/mol. The number of carbonyl (C=O) groups is 1. The highest BCUT2D eigenvalue weighted by atomic mass is 16.6. The van der Waals surface area contributed by atoms with Gasteiger partial charge in [-0.25, -0.2) is 0 Å². The Balaban J connectivity index is 2.57. The molecule has 1 rings (SSSR count). The molecule has 4 nitrogen and oxygen atoms in total. The summed E-state index contributed by atoms with van der Waals surface area (Å²) in [6, 6.07) is 5.57. The van der Waals surface area contributed by atoms with Gasteiger partial charge in [0.25, 0.3) is 0 Å². The molecule has 0 aliphatic carbocycles. The fraction of sp³-hybridized carbons (Fsp3) is 0.500. The Hall–Kier alpha value is -1.89. The summed E-state index contributed by atoms with van der Waals surface area (Å²) >= 11 is 0. The van der Waals surface area contributed by atoms with Crippen LogP contribution < -0.4 is 0 Å². The highest BCUT2D eigenvalue weighted by Gasteiger charge is 2.16. The van der Waals surface area contributed by atoms with Crippen molar-refractivity contribution in [1.82, 2.24) is 4.98 Å². The zero-order valence-electron chi connectivity index (χ0n) is 11.3. The van der Waals surface area contributed by atoms with Gasteiger partial charge in [-0.1, -0.05) is 0 Å². The van der Waals surface area contributed by atoms with Crippen molar-refractivity contribution in [1.29, 1.82) is 5.26 Å². The van der Waals surface area contributed by atoms with Gasteiger partial charge >= 0.3 is 5.97 Å². The van der Waals surface area contributed by atoms with Crippen molar-refractivity contribution in [2.45, 2.75) is 46.1 Å². The number of carbonyl (C=O) groups excluding carboxylic acids is 1. The van der Waals surface area contributed by atoms with E-state index in [9.17, 15) is 4.79 Å². The molecule has 0 aromatic carbocycles. The zero-order valence-corrected chi connectivity index (χ0v) is 11.3. The third-order valence-corrected chi connectivity index (χ3v) is 2.27. The maximum absolute atomic E-state index is 11.5. The molecule has 0 saturated heterocycles. The number of esters is 1. The minimum Gasteiger partial charge on any atom is -0.460 e. The smallest absolute Gasteiger partial charge is 0.306 e. The molecule has 18 heavy (non-hydrogen) atoms. The number of nitrogens with zero attached hydrogens (tertiary/aromatic N) is 2. The normalized spacial score (nSPS) is 10.8. The van der Waals surface area contributed by atoms with E-state index in [1.54, 1.807) is 19.1 Å². The molecule has 96 valence electrons. The maximum Gasteiger partial charge on any atom is 0.306 e. The Morgan fingerprint density at radius 2 is 2.11 bits per heavy atom. The summed E-state index contributed by atoms with van der Waals surface area (Å²) in [5.41, 5.74) is 1.61. The first-order valence-corrected chi connectivity index (χ1v) is 5.90. The van der Waals surface area contributed by atoms with Gasteiger partial charge in [-0.2, -0.15) is 5.26 Å². The van der Waals surface area contributed by atoms with Crippen LogP contribution in [0.4, 0.5) is 0 Å². The minimum absolute atomic E-state index is 0.230. The summed E-state index contributed by atoms with van der Waals surface area (Å²) < 4.78 is 5.22. The number of hydrogen-bond acceptors (Lipinski definition) is 4. The molecular formula is C14H18N2O2. The average Bonchev–Trinajstić information content (AvgIpc) is 2.24. The van der Waals surface area contributed by atoms with Gasteiger partial charge in [0.2, 0.25) is 0 Å². The highest BCUT2D eigenvalue weighted by Crippen LogP contribution is 2.11. The number of hydrogen-bond donors (Lipinski definition) is 0. The molecule has 0 bridgehead atoms. The molecule has 1 aromatic rings. The van der Waals surface area contributed by atoms with Crippen molar-refractivity contribution >= 4 is 5.97 Å². The molecule has 0 fully saturated rings. The Morgan fingerprint density at radius 3 is 2.61 bits per heavy atom. The van der Waals surface area contributed by atoms with Crippen LogP contribution in [0.15, 0.2) is 12.1 Å². The Morgan fingerprint density at radius 1 is 1.44 bits per heavy atom. The van der Waals surface area contributed by atoms with Gasteiger partial charge in [0.15, 0.2) is 0 Å². The molecule has 0 radical (unpaired) electrons. The number of pyridine rings is 1. The summed E-state index contributed by atoms with van der Waals surface area (Å²) in [4.78, 5) is 15.8. The van der Waals surface area contributed by atoms with E-state index in [-0.39, 0.29) is 5.97 Å². The average molecular weight is 246 g/mol. The lowest BCUT2D eigenvalue weighted by molar-refractivity contribution is -0.154. The minimum atomic E-state index is -0.453. The van der Waals surface area contributed by atoms with Crippen molar-refractivity contribution < 1.29 is 9.53 Å². The van der Waals surface area contributed by atoms with Crippen LogP contribution >= 0.6 is 0 Å². The quantitative estimate of drug-likeness (QED) is 0.769. The standard InChI is InChI=1S/C14H18N2O2/c1-10-11(9-15)5-6-12(16-10)7-8-13(17)18-14(2,3)4/h5-6H,7-8H2,1-4H3. The van der Waals surface area contributed by atoms with Crippen LogP contribution in [0.25, 0.3) is 0 Å². The lowest BCUT2D eigenvalue weighted by atomic mass is 10.1. The van der Waals surface area contributed by atoms with Crippen LogP contribution in [-0.2, 0) is 16.0 Å². The van der Waals surface area contributed by atoms with Crippen molar-refractivity contribution in [2.24, 2.45) is 0 Å². The van der Waals surface area contributed by atoms with E-state index in [1.807, 2.05) is 20.8 Å². The van der Waals surface area contributed by atoms with Gasteiger partial charge in [-0.3, -0.25) is 9.78 Å². The Bertz CT molecular complexity index is 482. The van der Waals surface area contributed by atoms with Crippen LogP contribution in [0, 0.1) is 18.3 Å². The van der Waals surface area contributed by atoms with Gasteiger partial charge < -0.3 is 4.74 Å². The molecule has 0 saturated carbocycles. The van der Waals surface area contributed by atoms with Gasteiger partial charge in [0, 0.05) is 12.1 Å². The molecule has 0 unspecified atom stereocenters. The van der Waals surface area contributed by atoms with Crippen LogP contribution in [0.3, 0.4) is 0 Å². The number of aryl methyl sites for hydroxylation is 2.